The van der Waals surface area contributed by atoms with Crippen LogP contribution in [0.15, 0.2) is 22.7 Å². The van der Waals surface area contributed by atoms with Crippen molar-refractivity contribution in [1.82, 2.24) is 9.97 Å². The number of aromatic nitrogens is 2. The minimum absolute atomic E-state index is 0.0682. The van der Waals surface area contributed by atoms with Crippen molar-refractivity contribution in [3.05, 3.63) is 34.2 Å². The Bertz CT molecular complexity index is 637. The Morgan fingerprint density at radius 2 is 2.25 bits per heavy atom. The van der Waals surface area contributed by atoms with Crippen molar-refractivity contribution in [3.63, 3.8) is 0 Å². The molecule has 0 aliphatic carbocycles. The van der Waals surface area contributed by atoms with Gasteiger partial charge in [0.2, 0.25) is 0 Å². The average Bonchev–Trinajstić information content (AvgIpc) is 2.77. The van der Waals surface area contributed by atoms with Gasteiger partial charge in [-0.15, -0.1) is 0 Å². The Labute approximate surface area is 125 Å². The summed E-state index contributed by atoms with van der Waals surface area (Å²) in [5, 5.41) is 8.70. The molecule has 106 valence electrons. The van der Waals surface area contributed by atoms with Gasteiger partial charge in [-0.05, 0) is 41.1 Å². The van der Waals surface area contributed by atoms with E-state index in [1.807, 2.05) is 25.1 Å². The van der Waals surface area contributed by atoms with E-state index in [0.29, 0.717) is 12.2 Å². The summed E-state index contributed by atoms with van der Waals surface area (Å²) < 4.78 is 6.05. The van der Waals surface area contributed by atoms with Crippen LogP contribution >= 0.6 is 15.9 Å². The fourth-order valence-electron chi connectivity index (χ4n) is 1.96. The third-order valence-corrected chi connectivity index (χ3v) is 3.55. The number of aromatic amines is 1. The number of hydrogen-bond donors (Lipinski definition) is 2. The Morgan fingerprint density at radius 1 is 1.50 bits per heavy atom. The van der Waals surface area contributed by atoms with Crippen LogP contribution in [0.25, 0.3) is 11.3 Å². The molecule has 0 saturated carbocycles. The number of hydrogen-bond acceptors (Lipinski definition) is 3. The Balaban J connectivity index is 2.28. The van der Waals surface area contributed by atoms with Crippen LogP contribution < -0.4 is 4.74 Å². The topological polar surface area (TPSA) is 75.2 Å². The molecule has 0 fully saturated rings. The van der Waals surface area contributed by atoms with Gasteiger partial charge in [0.15, 0.2) is 0 Å². The second-order valence-electron chi connectivity index (χ2n) is 4.40. The Hall–Kier alpha value is -1.82. The summed E-state index contributed by atoms with van der Waals surface area (Å²) in [7, 11) is 1.61. The van der Waals surface area contributed by atoms with Crippen molar-refractivity contribution in [2.45, 2.75) is 19.8 Å². The monoisotopic (exact) mass is 338 g/mol. The number of nitrogens with one attached hydrogen (secondary N) is 1. The molecule has 0 aliphatic heterocycles. The van der Waals surface area contributed by atoms with Crippen LogP contribution in [-0.2, 0) is 11.2 Å². The lowest BCUT2D eigenvalue weighted by Crippen LogP contribution is -1.98. The smallest absolute Gasteiger partial charge is 0.303 e. The van der Waals surface area contributed by atoms with Gasteiger partial charge in [-0.1, -0.05) is 0 Å². The molecule has 0 unspecified atom stereocenters. The van der Waals surface area contributed by atoms with Gasteiger partial charge in [-0.2, -0.15) is 0 Å². The summed E-state index contributed by atoms with van der Waals surface area (Å²) >= 11 is 3.45. The van der Waals surface area contributed by atoms with Gasteiger partial charge < -0.3 is 14.8 Å². The van der Waals surface area contributed by atoms with Crippen molar-refractivity contribution in [3.8, 4) is 17.0 Å². The minimum Gasteiger partial charge on any atom is -0.496 e. The molecule has 1 aromatic carbocycles. The van der Waals surface area contributed by atoms with E-state index < -0.39 is 5.97 Å². The molecule has 0 amide bonds. The molecule has 0 saturated heterocycles. The van der Waals surface area contributed by atoms with Crippen LogP contribution in [0.2, 0.25) is 0 Å². The summed E-state index contributed by atoms with van der Waals surface area (Å²) in [6.07, 6.45) is 0.464. The first kappa shape index (κ1) is 14.6. The van der Waals surface area contributed by atoms with Crippen molar-refractivity contribution in [1.29, 1.82) is 0 Å². The number of methoxy groups -OCH3 is 1. The van der Waals surface area contributed by atoms with E-state index in [2.05, 4.69) is 25.9 Å². The van der Waals surface area contributed by atoms with E-state index in [-0.39, 0.29) is 6.42 Å². The SMILES string of the molecule is COc1ccc(-c2nc(CCC(=O)O)[nH]c2C)cc1Br. The van der Waals surface area contributed by atoms with Gasteiger partial charge in [0, 0.05) is 17.7 Å². The normalized spacial score (nSPS) is 10.6. The summed E-state index contributed by atoms with van der Waals surface area (Å²) in [6.45, 7) is 1.92. The first-order valence-electron chi connectivity index (χ1n) is 6.12. The van der Waals surface area contributed by atoms with Crippen LogP contribution in [0.4, 0.5) is 0 Å². The fraction of sp³-hybridized carbons (Fsp3) is 0.286. The van der Waals surface area contributed by atoms with Crippen LogP contribution in [-0.4, -0.2) is 28.2 Å². The van der Waals surface area contributed by atoms with Gasteiger partial charge in [0.25, 0.3) is 0 Å². The molecular weight excluding hydrogens is 324 g/mol. The molecule has 1 aromatic heterocycles. The van der Waals surface area contributed by atoms with Crippen molar-refractivity contribution >= 4 is 21.9 Å². The van der Waals surface area contributed by atoms with E-state index in [0.717, 1.165) is 27.2 Å². The highest BCUT2D eigenvalue weighted by molar-refractivity contribution is 9.10. The number of benzene rings is 1. The number of aliphatic carboxylic acids is 1. The molecule has 6 heteroatoms. The fourth-order valence-corrected chi connectivity index (χ4v) is 2.50. The Kier molecular flexibility index (Phi) is 4.44. The standard InChI is InChI=1S/C14H15BrN2O3/c1-8-14(17-12(16-8)5-6-13(18)19)9-3-4-11(20-2)10(15)7-9/h3-4,7H,5-6H2,1-2H3,(H,16,17)(H,18,19). The molecule has 2 N–H and O–H groups in total. The van der Waals surface area contributed by atoms with Crippen molar-refractivity contribution in [2.75, 3.05) is 7.11 Å². The first-order chi connectivity index (χ1) is 9.51. The molecule has 0 atom stereocenters. The largest absolute Gasteiger partial charge is 0.496 e. The molecule has 0 spiro atoms. The zero-order chi connectivity index (χ0) is 14.7. The molecular formula is C14H15BrN2O3. The maximum atomic E-state index is 10.6. The molecule has 0 radical (unpaired) electrons. The summed E-state index contributed by atoms with van der Waals surface area (Å²) in [5.74, 6) is 0.618. The van der Waals surface area contributed by atoms with E-state index in [1.54, 1.807) is 7.11 Å². The van der Waals surface area contributed by atoms with Crippen LogP contribution in [0.3, 0.4) is 0 Å². The van der Waals surface area contributed by atoms with E-state index in [9.17, 15) is 4.79 Å². The zero-order valence-electron chi connectivity index (χ0n) is 11.2. The van der Waals surface area contributed by atoms with Crippen LogP contribution in [0, 0.1) is 6.92 Å². The maximum Gasteiger partial charge on any atom is 0.303 e. The maximum absolute atomic E-state index is 10.6. The third-order valence-electron chi connectivity index (χ3n) is 2.93. The van der Waals surface area contributed by atoms with E-state index in [4.69, 9.17) is 9.84 Å². The predicted molar refractivity (Wildman–Crippen MR) is 79.0 cm³/mol. The highest BCUT2D eigenvalue weighted by atomic mass is 79.9. The van der Waals surface area contributed by atoms with Gasteiger partial charge >= 0.3 is 5.97 Å². The van der Waals surface area contributed by atoms with Crippen molar-refractivity contribution < 1.29 is 14.6 Å². The predicted octanol–water partition coefficient (Wildman–Crippen LogP) is 3.17. The van der Waals surface area contributed by atoms with E-state index in [1.165, 1.54) is 0 Å². The number of halogens is 1. The number of H-pyrrole nitrogens is 1. The lowest BCUT2D eigenvalue weighted by atomic mass is 10.1. The number of carboxylic acids is 1. The lowest BCUT2D eigenvalue weighted by Gasteiger charge is -2.05. The number of nitrogens with zero attached hydrogens (tertiary/aromatic N) is 1. The second kappa shape index (κ2) is 6.09. The molecule has 1 heterocycles. The molecule has 0 bridgehead atoms. The number of carboxylic acid groups (broad SMARTS) is 1. The third kappa shape index (κ3) is 3.19. The molecule has 5 nitrogen and oxygen atoms in total. The number of imidazole rings is 1. The Morgan fingerprint density at radius 3 is 2.85 bits per heavy atom. The lowest BCUT2D eigenvalue weighted by molar-refractivity contribution is -0.137. The number of aryl methyl sites for hydroxylation is 2. The van der Waals surface area contributed by atoms with Gasteiger partial charge in [-0.3, -0.25) is 4.79 Å². The van der Waals surface area contributed by atoms with Gasteiger partial charge in [-0.25, -0.2) is 4.98 Å². The summed E-state index contributed by atoms with van der Waals surface area (Å²) in [4.78, 5) is 18.2. The second-order valence-corrected chi connectivity index (χ2v) is 5.25. The molecule has 2 rings (SSSR count). The summed E-state index contributed by atoms with van der Waals surface area (Å²) in [5.41, 5.74) is 2.70. The highest BCUT2D eigenvalue weighted by Gasteiger charge is 2.11. The zero-order valence-corrected chi connectivity index (χ0v) is 12.8. The highest BCUT2D eigenvalue weighted by Crippen LogP contribution is 2.31. The summed E-state index contributed by atoms with van der Waals surface area (Å²) in [6, 6.07) is 5.72. The molecule has 2 aromatic rings. The minimum atomic E-state index is -0.826. The van der Waals surface area contributed by atoms with Crippen LogP contribution in [0.1, 0.15) is 17.9 Å². The van der Waals surface area contributed by atoms with Gasteiger partial charge in [0.1, 0.15) is 11.6 Å². The molecule has 0 aliphatic rings. The van der Waals surface area contributed by atoms with Crippen LogP contribution in [0.5, 0.6) is 5.75 Å². The van der Waals surface area contributed by atoms with E-state index >= 15 is 0 Å². The molecule has 20 heavy (non-hydrogen) atoms. The number of ether oxygens (including phenoxy) is 1. The average molecular weight is 339 g/mol. The number of rotatable bonds is 5. The van der Waals surface area contributed by atoms with Crippen molar-refractivity contribution in [2.24, 2.45) is 0 Å². The number of carbonyl (C=O) groups is 1. The first-order valence-corrected chi connectivity index (χ1v) is 6.91. The quantitative estimate of drug-likeness (QED) is 0.877. The van der Waals surface area contributed by atoms with Gasteiger partial charge in [0.05, 0.1) is 23.7 Å².